The summed E-state index contributed by atoms with van der Waals surface area (Å²) in [5, 5.41) is 0. The molecule has 2 aliphatic rings. The fraction of sp³-hybridized carbons (Fsp3) is 0.367. The number of fused-ring (bicyclic) bond motifs is 2. The lowest BCUT2D eigenvalue weighted by Crippen LogP contribution is -2.75. The Kier molecular flexibility index (Phi) is 7.29. The topological polar surface area (TPSA) is 102 Å². The Labute approximate surface area is 227 Å². The Morgan fingerprint density at radius 2 is 1.31 bits per heavy atom. The first-order valence-corrected chi connectivity index (χ1v) is 12.9. The van der Waals surface area contributed by atoms with E-state index in [9.17, 15) is 14.4 Å². The van der Waals surface area contributed by atoms with Crippen LogP contribution in [0.2, 0.25) is 0 Å². The maximum Gasteiger partial charge on any atom is 0.322 e. The molecule has 0 N–H and O–H groups in total. The van der Waals surface area contributed by atoms with Gasteiger partial charge in [0.05, 0.1) is 37.7 Å². The van der Waals surface area contributed by atoms with Gasteiger partial charge in [0.25, 0.3) is 0 Å². The van der Waals surface area contributed by atoms with Crippen LogP contribution in [0.4, 0.5) is 0 Å². The summed E-state index contributed by atoms with van der Waals surface area (Å²) in [6.07, 6.45) is 3.89. The third-order valence-corrected chi connectivity index (χ3v) is 7.98. The molecule has 39 heavy (non-hydrogen) atoms. The van der Waals surface area contributed by atoms with Crippen molar-refractivity contribution in [2.24, 2.45) is 10.8 Å². The molecular formula is C30H32N4O5. The molecule has 2 fully saturated rings. The average molecular weight is 529 g/mol. The SMILES string of the molecule is COC(=O)C12CN(C)CC(C(=O)OC)(C1=O)C(c1ccccn1)N(CCc1ccccc1)C2c1ccccn1. The van der Waals surface area contributed by atoms with Gasteiger partial charge in [0.1, 0.15) is 0 Å². The standard InChI is InChI=1S/C30H32N4O5/c1-33-19-29(27(36)38-2)24(22-13-7-9-16-31-22)34(18-15-21-11-5-4-6-12-21)25(23-14-8-10-17-32-23)30(20-33,26(29)35)28(37)39-3/h4-14,16-17,24-25H,15,18-20H2,1-3H3. The van der Waals surface area contributed by atoms with Crippen LogP contribution in [-0.2, 0) is 30.3 Å². The second-order valence-corrected chi connectivity index (χ2v) is 10.2. The first kappa shape index (κ1) is 26.6. The molecule has 2 aliphatic heterocycles. The molecule has 9 heteroatoms. The van der Waals surface area contributed by atoms with E-state index in [0.29, 0.717) is 24.4 Å². The number of hydrogen-bond acceptors (Lipinski definition) is 9. The summed E-state index contributed by atoms with van der Waals surface area (Å²) < 4.78 is 10.7. The van der Waals surface area contributed by atoms with Gasteiger partial charge >= 0.3 is 11.9 Å². The Morgan fingerprint density at radius 1 is 0.821 bits per heavy atom. The number of ketones is 1. The number of Topliss-reactive ketones (excluding diaryl/α,β-unsaturated/α-hetero) is 1. The highest BCUT2D eigenvalue weighted by Crippen LogP contribution is 2.60. The summed E-state index contributed by atoms with van der Waals surface area (Å²) in [5.74, 6) is -1.92. The van der Waals surface area contributed by atoms with E-state index >= 15 is 0 Å². The van der Waals surface area contributed by atoms with Crippen LogP contribution in [0.1, 0.15) is 29.0 Å². The number of hydrogen-bond donors (Lipinski definition) is 0. The fourth-order valence-corrected chi connectivity index (χ4v) is 6.57. The van der Waals surface area contributed by atoms with E-state index in [2.05, 4.69) is 14.9 Å². The number of carbonyl (C=O) groups excluding carboxylic acids is 3. The molecule has 3 aromatic rings. The molecule has 0 amide bonds. The molecule has 1 aromatic carbocycles. The molecule has 0 saturated carbocycles. The lowest BCUT2D eigenvalue weighted by atomic mass is 9.54. The molecule has 0 spiro atoms. The van der Waals surface area contributed by atoms with Gasteiger partial charge in [-0.3, -0.25) is 29.3 Å². The Morgan fingerprint density at radius 3 is 1.74 bits per heavy atom. The molecule has 0 aliphatic carbocycles. The minimum absolute atomic E-state index is 0.0647. The monoisotopic (exact) mass is 528 g/mol. The number of likely N-dealkylation sites (tertiary alicyclic amines) is 2. The lowest BCUT2D eigenvalue weighted by Gasteiger charge is -2.61. The highest BCUT2D eigenvalue weighted by Gasteiger charge is 2.75. The number of ether oxygens (including phenoxy) is 2. The highest BCUT2D eigenvalue weighted by molar-refractivity contribution is 6.17. The number of pyridine rings is 2. The van der Waals surface area contributed by atoms with E-state index in [0.717, 1.165) is 5.56 Å². The van der Waals surface area contributed by atoms with Crippen LogP contribution in [0.3, 0.4) is 0 Å². The zero-order valence-corrected chi connectivity index (χ0v) is 22.3. The van der Waals surface area contributed by atoms with Crippen molar-refractivity contribution in [2.75, 3.05) is 40.9 Å². The maximum atomic E-state index is 14.9. The Bertz CT molecular complexity index is 1260. The summed E-state index contributed by atoms with van der Waals surface area (Å²) in [6, 6.07) is 19.2. The lowest BCUT2D eigenvalue weighted by molar-refractivity contribution is -0.204. The summed E-state index contributed by atoms with van der Waals surface area (Å²) >= 11 is 0. The third kappa shape index (κ3) is 4.22. The summed E-state index contributed by atoms with van der Waals surface area (Å²) in [6.45, 7) is 0.547. The van der Waals surface area contributed by atoms with Crippen LogP contribution < -0.4 is 0 Å². The van der Waals surface area contributed by atoms with Crippen LogP contribution in [0.25, 0.3) is 0 Å². The predicted molar refractivity (Wildman–Crippen MR) is 142 cm³/mol. The van der Waals surface area contributed by atoms with Crippen molar-refractivity contribution in [2.45, 2.75) is 18.5 Å². The summed E-state index contributed by atoms with van der Waals surface area (Å²) in [7, 11) is 4.34. The van der Waals surface area contributed by atoms with Gasteiger partial charge < -0.3 is 14.4 Å². The molecular weight excluding hydrogens is 496 g/mol. The van der Waals surface area contributed by atoms with E-state index < -0.39 is 40.6 Å². The van der Waals surface area contributed by atoms with Gasteiger partial charge in [-0.2, -0.15) is 0 Å². The molecule has 202 valence electrons. The van der Waals surface area contributed by atoms with Gasteiger partial charge in [-0.15, -0.1) is 0 Å². The first-order chi connectivity index (χ1) is 18.9. The summed E-state index contributed by atoms with van der Waals surface area (Å²) in [5.41, 5.74) is -1.30. The van der Waals surface area contributed by atoms with Crippen molar-refractivity contribution in [1.29, 1.82) is 0 Å². The van der Waals surface area contributed by atoms with Gasteiger partial charge in [-0.05, 0) is 43.3 Å². The molecule has 2 aromatic heterocycles. The fourth-order valence-electron chi connectivity index (χ4n) is 6.57. The minimum Gasteiger partial charge on any atom is -0.468 e. The number of esters is 2. The van der Waals surface area contributed by atoms with Gasteiger partial charge in [-0.25, -0.2) is 0 Å². The maximum absolute atomic E-state index is 14.9. The van der Waals surface area contributed by atoms with E-state index in [4.69, 9.17) is 9.47 Å². The molecule has 9 nitrogen and oxygen atoms in total. The minimum atomic E-state index is -1.73. The van der Waals surface area contributed by atoms with Crippen molar-refractivity contribution in [3.8, 4) is 0 Å². The van der Waals surface area contributed by atoms with Crippen molar-refractivity contribution in [3.63, 3.8) is 0 Å². The van der Waals surface area contributed by atoms with Crippen molar-refractivity contribution in [3.05, 3.63) is 96.1 Å². The molecule has 0 radical (unpaired) electrons. The Hall–Kier alpha value is -3.95. The number of aromatic nitrogens is 2. The van der Waals surface area contributed by atoms with Gasteiger partial charge in [0.2, 0.25) is 0 Å². The number of carbonyl (C=O) groups is 3. The zero-order valence-electron chi connectivity index (χ0n) is 22.3. The van der Waals surface area contributed by atoms with E-state index in [1.165, 1.54) is 14.2 Å². The average Bonchev–Trinajstić information content (AvgIpc) is 2.97. The van der Waals surface area contributed by atoms with Gasteiger partial charge in [-0.1, -0.05) is 42.5 Å². The highest BCUT2D eigenvalue weighted by atomic mass is 16.5. The van der Waals surface area contributed by atoms with Crippen molar-refractivity contribution >= 4 is 17.7 Å². The second-order valence-electron chi connectivity index (χ2n) is 10.2. The second kappa shape index (κ2) is 10.7. The molecule has 2 saturated heterocycles. The van der Waals surface area contributed by atoms with E-state index in [-0.39, 0.29) is 13.1 Å². The van der Waals surface area contributed by atoms with E-state index in [1.54, 1.807) is 31.6 Å². The molecule has 4 unspecified atom stereocenters. The largest absolute Gasteiger partial charge is 0.468 e. The quantitative estimate of drug-likeness (QED) is 0.338. The van der Waals surface area contributed by atoms with E-state index in [1.807, 2.05) is 59.5 Å². The Balaban J connectivity index is 1.82. The summed E-state index contributed by atoms with van der Waals surface area (Å²) in [4.78, 5) is 55.8. The van der Waals surface area contributed by atoms with Crippen molar-refractivity contribution < 1.29 is 23.9 Å². The zero-order chi connectivity index (χ0) is 27.6. The van der Waals surface area contributed by atoms with Crippen molar-refractivity contribution in [1.82, 2.24) is 19.8 Å². The van der Waals surface area contributed by atoms with Crippen LogP contribution >= 0.6 is 0 Å². The number of piperidine rings is 2. The molecule has 2 bridgehead atoms. The van der Waals surface area contributed by atoms with Crippen LogP contribution in [0, 0.1) is 10.8 Å². The third-order valence-electron chi connectivity index (χ3n) is 7.98. The number of methoxy groups -OCH3 is 2. The number of benzene rings is 1. The molecule has 4 atom stereocenters. The normalized spacial score (nSPS) is 27.1. The number of rotatable bonds is 7. The van der Waals surface area contributed by atoms with Crippen LogP contribution in [0.5, 0.6) is 0 Å². The smallest absolute Gasteiger partial charge is 0.322 e. The van der Waals surface area contributed by atoms with Crippen LogP contribution in [0.15, 0.2) is 79.1 Å². The van der Waals surface area contributed by atoms with Crippen LogP contribution in [-0.4, -0.2) is 78.4 Å². The predicted octanol–water partition coefficient (Wildman–Crippen LogP) is 2.65. The first-order valence-electron chi connectivity index (χ1n) is 12.9. The molecule has 4 heterocycles. The number of nitrogens with zero attached hydrogens (tertiary/aromatic N) is 4. The van der Waals surface area contributed by atoms with Gasteiger partial charge in [0, 0.05) is 32.0 Å². The van der Waals surface area contributed by atoms with Gasteiger partial charge in [0.15, 0.2) is 16.6 Å². The molecule has 5 rings (SSSR count).